The maximum absolute atomic E-state index is 11.3. The van der Waals surface area contributed by atoms with Gasteiger partial charge in [-0.1, -0.05) is 34.1 Å². The summed E-state index contributed by atoms with van der Waals surface area (Å²) in [5, 5.41) is 12.5. The Kier molecular flexibility index (Phi) is 4.19. The molecule has 0 saturated heterocycles. The van der Waals surface area contributed by atoms with Gasteiger partial charge in [0.05, 0.1) is 11.3 Å². The van der Waals surface area contributed by atoms with Crippen LogP contribution < -0.4 is 4.72 Å². The van der Waals surface area contributed by atoms with Crippen molar-refractivity contribution in [1.82, 2.24) is 0 Å². The summed E-state index contributed by atoms with van der Waals surface area (Å²) in [4.78, 5) is 12.4. The molecule has 3 nitrogen and oxygen atoms in total. The Hall–Kier alpha value is -1.50. The zero-order chi connectivity index (χ0) is 14.8. The number of carbonyl (C=O) groups is 1. The van der Waals surface area contributed by atoms with Crippen molar-refractivity contribution in [1.29, 1.82) is 0 Å². The molecule has 0 spiro atoms. The van der Waals surface area contributed by atoms with Crippen molar-refractivity contribution >= 4 is 61.0 Å². The van der Waals surface area contributed by atoms with Gasteiger partial charge < -0.3 is 9.83 Å². The standard InChI is InChI=1S/C15H10BrNO2S2/c16-9-5-6-12(11(7-9)15(18)19)17-21-14-8-20-13-4-2-1-3-10(13)14/h1-8,17H,(H,18,19). The molecular formula is C15H10BrNO2S2. The van der Waals surface area contributed by atoms with E-state index in [1.54, 1.807) is 23.5 Å². The number of aromatic carboxylic acids is 1. The van der Waals surface area contributed by atoms with Crippen molar-refractivity contribution in [3.05, 3.63) is 57.9 Å². The lowest BCUT2D eigenvalue weighted by Gasteiger charge is -2.08. The Morgan fingerprint density at radius 2 is 2.05 bits per heavy atom. The molecule has 21 heavy (non-hydrogen) atoms. The third-order valence-electron chi connectivity index (χ3n) is 2.93. The monoisotopic (exact) mass is 379 g/mol. The Morgan fingerprint density at radius 3 is 2.86 bits per heavy atom. The van der Waals surface area contributed by atoms with Gasteiger partial charge in [0.25, 0.3) is 0 Å². The topological polar surface area (TPSA) is 49.3 Å². The molecule has 106 valence electrons. The lowest BCUT2D eigenvalue weighted by Crippen LogP contribution is -2.01. The number of anilines is 1. The molecular weight excluding hydrogens is 370 g/mol. The minimum absolute atomic E-state index is 0.247. The molecule has 0 atom stereocenters. The van der Waals surface area contributed by atoms with E-state index in [0.717, 1.165) is 9.37 Å². The van der Waals surface area contributed by atoms with Gasteiger partial charge in [0.1, 0.15) is 0 Å². The Labute approximate surface area is 138 Å². The number of rotatable bonds is 4. The summed E-state index contributed by atoms with van der Waals surface area (Å²) in [6, 6.07) is 13.3. The van der Waals surface area contributed by atoms with Gasteiger partial charge in [-0.05, 0) is 36.2 Å². The van der Waals surface area contributed by atoms with Crippen LogP contribution in [0.25, 0.3) is 10.1 Å². The van der Waals surface area contributed by atoms with E-state index in [-0.39, 0.29) is 5.56 Å². The molecule has 0 radical (unpaired) electrons. The number of hydrogen-bond donors (Lipinski definition) is 2. The van der Waals surface area contributed by atoms with E-state index >= 15 is 0 Å². The zero-order valence-electron chi connectivity index (χ0n) is 10.7. The molecule has 0 amide bonds. The molecule has 6 heteroatoms. The number of nitrogens with one attached hydrogen (secondary N) is 1. The van der Waals surface area contributed by atoms with E-state index < -0.39 is 5.97 Å². The third kappa shape index (κ3) is 3.07. The summed E-state index contributed by atoms with van der Waals surface area (Å²) in [5.41, 5.74) is 0.836. The van der Waals surface area contributed by atoms with Crippen molar-refractivity contribution in [2.45, 2.75) is 4.90 Å². The van der Waals surface area contributed by atoms with Gasteiger partial charge in [0.15, 0.2) is 0 Å². The smallest absolute Gasteiger partial charge is 0.337 e. The van der Waals surface area contributed by atoms with Crippen LogP contribution in [-0.2, 0) is 0 Å². The van der Waals surface area contributed by atoms with Crippen molar-refractivity contribution < 1.29 is 9.90 Å². The molecule has 3 rings (SSSR count). The van der Waals surface area contributed by atoms with Crippen molar-refractivity contribution in [2.75, 3.05) is 4.72 Å². The van der Waals surface area contributed by atoms with Gasteiger partial charge in [-0.3, -0.25) is 0 Å². The number of hydrogen-bond acceptors (Lipinski definition) is 4. The molecule has 3 aromatic rings. The fraction of sp³-hybridized carbons (Fsp3) is 0. The van der Waals surface area contributed by atoms with Crippen LogP contribution in [0.4, 0.5) is 5.69 Å². The third-order valence-corrected chi connectivity index (χ3v) is 5.41. The van der Waals surface area contributed by atoms with Crippen LogP contribution in [0.15, 0.2) is 57.2 Å². The van der Waals surface area contributed by atoms with E-state index in [0.29, 0.717) is 5.69 Å². The van der Waals surface area contributed by atoms with Crippen molar-refractivity contribution in [3.63, 3.8) is 0 Å². The second-order valence-corrected chi connectivity index (χ2v) is 6.97. The zero-order valence-corrected chi connectivity index (χ0v) is 13.9. The van der Waals surface area contributed by atoms with Gasteiger partial charge in [0, 0.05) is 24.8 Å². The first-order valence-electron chi connectivity index (χ1n) is 6.07. The van der Waals surface area contributed by atoms with Gasteiger partial charge >= 0.3 is 5.97 Å². The summed E-state index contributed by atoms with van der Waals surface area (Å²) < 4.78 is 5.10. The Balaban J connectivity index is 1.87. The largest absolute Gasteiger partial charge is 0.478 e. The molecule has 1 aromatic heterocycles. The fourth-order valence-electron chi connectivity index (χ4n) is 1.92. The van der Waals surface area contributed by atoms with Crippen molar-refractivity contribution in [3.8, 4) is 0 Å². The highest BCUT2D eigenvalue weighted by Gasteiger charge is 2.11. The van der Waals surface area contributed by atoms with Crippen LogP contribution in [0.5, 0.6) is 0 Å². The highest BCUT2D eigenvalue weighted by molar-refractivity contribution is 9.10. The normalized spacial score (nSPS) is 10.7. The molecule has 0 bridgehead atoms. The lowest BCUT2D eigenvalue weighted by molar-refractivity contribution is 0.0698. The molecule has 0 aliphatic rings. The van der Waals surface area contributed by atoms with Crippen LogP contribution in [0.2, 0.25) is 0 Å². The average Bonchev–Trinajstić information content (AvgIpc) is 2.89. The van der Waals surface area contributed by atoms with Crippen LogP contribution in [0.1, 0.15) is 10.4 Å². The number of fused-ring (bicyclic) bond motifs is 1. The summed E-state index contributed by atoms with van der Waals surface area (Å²) in [7, 11) is 0. The highest BCUT2D eigenvalue weighted by Crippen LogP contribution is 2.34. The van der Waals surface area contributed by atoms with Gasteiger partial charge in [-0.25, -0.2) is 4.79 Å². The molecule has 0 fully saturated rings. The second kappa shape index (κ2) is 6.09. The van der Waals surface area contributed by atoms with E-state index in [1.807, 2.05) is 18.2 Å². The fourth-order valence-corrected chi connectivity index (χ4v) is 4.20. The van der Waals surface area contributed by atoms with Crippen LogP contribution >= 0.6 is 39.2 Å². The van der Waals surface area contributed by atoms with E-state index in [9.17, 15) is 9.90 Å². The van der Waals surface area contributed by atoms with Gasteiger partial charge in [0.2, 0.25) is 0 Å². The maximum atomic E-state index is 11.3. The first kappa shape index (κ1) is 14.4. The van der Waals surface area contributed by atoms with Gasteiger partial charge in [-0.2, -0.15) is 0 Å². The molecule has 1 heterocycles. The average molecular weight is 380 g/mol. The minimum Gasteiger partial charge on any atom is -0.478 e. The minimum atomic E-state index is -0.949. The van der Waals surface area contributed by atoms with E-state index in [2.05, 4.69) is 38.2 Å². The summed E-state index contributed by atoms with van der Waals surface area (Å²) in [5.74, 6) is -0.949. The van der Waals surface area contributed by atoms with Crippen LogP contribution in [0.3, 0.4) is 0 Å². The molecule has 0 unspecified atom stereocenters. The number of carboxylic acids is 1. The first-order valence-corrected chi connectivity index (χ1v) is 8.56. The van der Waals surface area contributed by atoms with Crippen LogP contribution in [-0.4, -0.2) is 11.1 Å². The van der Waals surface area contributed by atoms with Gasteiger partial charge in [-0.15, -0.1) is 11.3 Å². The number of benzene rings is 2. The summed E-state index contributed by atoms with van der Waals surface area (Å²) in [6.45, 7) is 0. The predicted octanol–water partition coefficient (Wildman–Crippen LogP) is 5.48. The molecule has 0 saturated carbocycles. The Morgan fingerprint density at radius 1 is 1.24 bits per heavy atom. The number of carboxylic acid groups (broad SMARTS) is 1. The summed E-state index contributed by atoms with van der Waals surface area (Å²) >= 11 is 6.40. The second-order valence-electron chi connectivity index (χ2n) is 4.30. The molecule has 0 aliphatic carbocycles. The van der Waals surface area contributed by atoms with Crippen molar-refractivity contribution in [2.24, 2.45) is 0 Å². The maximum Gasteiger partial charge on any atom is 0.337 e. The predicted molar refractivity (Wildman–Crippen MR) is 92.4 cm³/mol. The number of halogens is 1. The summed E-state index contributed by atoms with van der Waals surface area (Å²) in [6.07, 6.45) is 0. The molecule has 0 aliphatic heterocycles. The Bertz CT molecular complexity index is 816. The lowest BCUT2D eigenvalue weighted by atomic mass is 10.2. The SMILES string of the molecule is O=C(O)c1cc(Br)ccc1NSc1csc2ccccc12. The molecule has 2 aromatic carbocycles. The van der Waals surface area contributed by atoms with Crippen LogP contribution in [0, 0.1) is 0 Å². The highest BCUT2D eigenvalue weighted by atomic mass is 79.9. The first-order chi connectivity index (χ1) is 10.1. The molecule has 2 N–H and O–H groups in total. The quantitative estimate of drug-likeness (QED) is 0.589. The van der Waals surface area contributed by atoms with E-state index in [4.69, 9.17) is 0 Å². The van der Waals surface area contributed by atoms with E-state index in [1.165, 1.54) is 22.0 Å². The number of thiophene rings is 1.